The number of hydrogen-bond acceptors (Lipinski definition) is 5. The minimum Gasteiger partial charge on any atom is -0.381 e. The third-order valence-electron chi connectivity index (χ3n) is 5.94. The Morgan fingerprint density at radius 1 is 1.09 bits per heavy atom. The molecule has 0 atom stereocenters. The maximum atomic E-state index is 11.4. The SMILES string of the molecule is CC(=O)Nc1ccc(-c2cn(-c3cccc(C)c3)c3ncnc(NC4CCOCC4)c23)cc1. The zero-order valence-electron chi connectivity index (χ0n) is 18.8. The number of amides is 1. The highest BCUT2D eigenvalue weighted by molar-refractivity contribution is 6.02. The molecule has 0 unspecified atom stereocenters. The summed E-state index contributed by atoms with van der Waals surface area (Å²) in [6, 6.07) is 16.6. The van der Waals surface area contributed by atoms with Crippen LogP contribution in [0, 0.1) is 6.92 Å². The van der Waals surface area contributed by atoms with Crippen LogP contribution < -0.4 is 10.6 Å². The van der Waals surface area contributed by atoms with Gasteiger partial charge in [0.2, 0.25) is 5.91 Å². The largest absolute Gasteiger partial charge is 0.381 e. The first kappa shape index (κ1) is 21.2. The first-order chi connectivity index (χ1) is 16.1. The van der Waals surface area contributed by atoms with Gasteiger partial charge in [0, 0.05) is 49.3 Å². The highest BCUT2D eigenvalue weighted by Crippen LogP contribution is 2.36. The van der Waals surface area contributed by atoms with Crippen molar-refractivity contribution < 1.29 is 9.53 Å². The molecule has 1 aliphatic heterocycles. The Hall–Kier alpha value is -3.71. The molecule has 7 nitrogen and oxygen atoms in total. The highest BCUT2D eigenvalue weighted by atomic mass is 16.5. The van der Waals surface area contributed by atoms with Crippen LogP contribution in [-0.4, -0.2) is 39.7 Å². The molecule has 0 saturated carbocycles. The molecule has 1 fully saturated rings. The van der Waals surface area contributed by atoms with Crippen molar-refractivity contribution >= 4 is 28.4 Å². The number of anilines is 2. The summed E-state index contributed by atoms with van der Waals surface area (Å²) in [6.07, 6.45) is 5.65. The predicted molar refractivity (Wildman–Crippen MR) is 131 cm³/mol. The number of carbonyl (C=O) groups is 1. The van der Waals surface area contributed by atoms with Crippen LogP contribution in [0.3, 0.4) is 0 Å². The summed E-state index contributed by atoms with van der Waals surface area (Å²) in [5.74, 6) is 0.745. The van der Waals surface area contributed by atoms with Crippen molar-refractivity contribution in [3.63, 3.8) is 0 Å². The van der Waals surface area contributed by atoms with Crippen LogP contribution in [0.2, 0.25) is 0 Å². The van der Waals surface area contributed by atoms with Gasteiger partial charge in [0.25, 0.3) is 0 Å². The second-order valence-electron chi connectivity index (χ2n) is 8.46. The second-order valence-corrected chi connectivity index (χ2v) is 8.46. The summed E-state index contributed by atoms with van der Waals surface area (Å²) in [7, 11) is 0. The molecule has 168 valence electrons. The van der Waals surface area contributed by atoms with Crippen molar-refractivity contribution in [2.45, 2.75) is 32.7 Å². The molecule has 1 aliphatic rings. The number of aryl methyl sites for hydroxylation is 1. The number of carbonyl (C=O) groups excluding carboxylic acids is 1. The minimum atomic E-state index is -0.0878. The zero-order chi connectivity index (χ0) is 22.8. The van der Waals surface area contributed by atoms with E-state index in [9.17, 15) is 4.79 Å². The molecular formula is C26H27N5O2. The maximum absolute atomic E-state index is 11.4. The van der Waals surface area contributed by atoms with Crippen molar-refractivity contribution in [1.29, 1.82) is 0 Å². The molecule has 1 saturated heterocycles. The van der Waals surface area contributed by atoms with Gasteiger partial charge in [-0.2, -0.15) is 0 Å². The Balaban J connectivity index is 1.65. The van der Waals surface area contributed by atoms with Crippen LogP contribution in [0.4, 0.5) is 11.5 Å². The van der Waals surface area contributed by atoms with Gasteiger partial charge in [0.15, 0.2) is 5.65 Å². The topological polar surface area (TPSA) is 81.1 Å². The number of aromatic nitrogens is 3. The third-order valence-corrected chi connectivity index (χ3v) is 5.94. The molecule has 3 heterocycles. The molecule has 5 rings (SSSR count). The minimum absolute atomic E-state index is 0.0878. The molecule has 33 heavy (non-hydrogen) atoms. The van der Waals surface area contributed by atoms with Crippen molar-refractivity contribution in [2.24, 2.45) is 0 Å². The van der Waals surface area contributed by atoms with Crippen LogP contribution in [-0.2, 0) is 9.53 Å². The molecule has 0 aliphatic carbocycles. The summed E-state index contributed by atoms with van der Waals surface area (Å²) in [4.78, 5) is 20.7. The number of hydrogen-bond donors (Lipinski definition) is 2. The average molecular weight is 442 g/mol. The van der Waals surface area contributed by atoms with Crippen LogP contribution in [0.5, 0.6) is 0 Å². The van der Waals surface area contributed by atoms with Gasteiger partial charge in [-0.1, -0.05) is 24.3 Å². The molecule has 0 bridgehead atoms. The Labute approximate surface area is 192 Å². The number of nitrogens with one attached hydrogen (secondary N) is 2. The van der Waals surface area contributed by atoms with Crippen molar-refractivity contribution in [1.82, 2.24) is 14.5 Å². The Morgan fingerprint density at radius 3 is 2.61 bits per heavy atom. The quantitative estimate of drug-likeness (QED) is 0.458. The van der Waals surface area contributed by atoms with Gasteiger partial charge in [-0.25, -0.2) is 9.97 Å². The van der Waals surface area contributed by atoms with Gasteiger partial charge in [-0.3, -0.25) is 4.79 Å². The van der Waals surface area contributed by atoms with Gasteiger partial charge in [0.1, 0.15) is 12.1 Å². The van der Waals surface area contributed by atoms with E-state index in [2.05, 4.69) is 62.6 Å². The first-order valence-electron chi connectivity index (χ1n) is 11.2. The standard InChI is InChI=1S/C26H27N5O2/c1-17-4-3-5-22(14-17)31-15-23(19-6-8-20(9-7-19)29-18(2)32)24-25(27-16-28-26(24)31)30-21-10-12-33-13-11-21/h3-9,14-16,21H,10-13H2,1-2H3,(H,29,32)(H,27,28,30). The molecule has 2 aromatic heterocycles. The lowest BCUT2D eigenvalue weighted by atomic mass is 10.0. The molecule has 2 aromatic carbocycles. The predicted octanol–water partition coefficient (Wildman–Crippen LogP) is 4.95. The van der Waals surface area contributed by atoms with Crippen LogP contribution in [0.25, 0.3) is 27.8 Å². The Bertz CT molecular complexity index is 1290. The Kier molecular flexibility index (Phi) is 5.79. The third kappa shape index (κ3) is 4.45. The van der Waals surface area contributed by atoms with Crippen LogP contribution >= 0.6 is 0 Å². The molecule has 1 amide bonds. The lowest BCUT2D eigenvalue weighted by Gasteiger charge is -2.24. The zero-order valence-corrected chi connectivity index (χ0v) is 18.8. The van der Waals surface area contributed by atoms with Gasteiger partial charge in [-0.05, 0) is 55.2 Å². The van der Waals surface area contributed by atoms with E-state index < -0.39 is 0 Å². The van der Waals surface area contributed by atoms with E-state index in [1.165, 1.54) is 12.5 Å². The first-order valence-corrected chi connectivity index (χ1v) is 11.2. The van der Waals surface area contributed by atoms with E-state index in [0.29, 0.717) is 6.04 Å². The number of nitrogens with zero attached hydrogens (tertiary/aromatic N) is 3. The van der Waals surface area contributed by atoms with Gasteiger partial charge >= 0.3 is 0 Å². The summed E-state index contributed by atoms with van der Waals surface area (Å²) in [5, 5.41) is 7.46. The number of rotatable bonds is 5. The van der Waals surface area contributed by atoms with E-state index in [4.69, 9.17) is 4.74 Å². The van der Waals surface area contributed by atoms with E-state index in [1.54, 1.807) is 6.33 Å². The average Bonchev–Trinajstić information content (AvgIpc) is 3.21. The smallest absolute Gasteiger partial charge is 0.221 e. The molecule has 7 heteroatoms. The number of ether oxygens (including phenoxy) is 1. The summed E-state index contributed by atoms with van der Waals surface area (Å²) in [6.45, 7) is 5.11. The highest BCUT2D eigenvalue weighted by Gasteiger charge is 2.21. The summed E-state index contributed by atoms with van der Waals surface area (Å²) >= 11 is 0. The molecule has 0 spiro atoms. The number of fused-ring (bicyclic) bond motifs is 1. The normalized spacial score (nSPS) is 14.4. The fourth-order valence-electron chi connectivity index (χ4n) is 4.34. The lowest BCUT2D eigenvalue weighted by molar-refractivity contribution is -0.114. The fourth-order valence-corrected chi connectivity index (χ4v) is 4.34. The van der Waals surface area contributed by atoms with Crippen LogP contribution in [0.15, 0.2) is 61.1 Å². The maximum Gasteiger partial charge on any atom is 0.221 e. The van der Waals surface area contributed by atoms with E-state index in [0.717, 1.165) is 65.4 Å². The number of benzene rings is 2. The molecular weight excluding hydrogens is 414 g/mol. The van der Waals surface area contributed by atoms with Crippen LogP contribution in [0.1, 0.15) is 25.3 Å². The summed E-state index contributed by atoms with van der Waals surface area (Å²) < 4.78 is 7.64. The molecule has 2 N–H and O–H groups in total. The monoisotopic (exact) mass is 441 g/mol. The van der Waals surface area contributed by atoms with Gasteiger partial charge < -0.3 is 19.9 Å². The second kappa shape index (κ2) is 9.03. The van der Waals surface area contributed by atoms with Crippen molar-refractivity contribution in [3.05, 3.63) is 66.6 Å². The van der Waals surface area contributed by atoms with E-state index >= 15 is 0 Å². The van der Waals surface area contributed by atoms with Crippen molar-refractivity contribution in [2.75, 3.05) is 23.8 Å². The van der Waals surface area contributed by atoms with E-state index in [-0.39, 0.29) is 5.91 Å². The molecule has 0 radical (unpaired) electrons. The lowest BCUT2D eigenvalue weighted by Crippen LogP contribution is -2.28. The van der Waals surface area contributed by atoms with Gasteiger partial charge in [0.05, 0.1) is 5.39 Å². The Morgan fingerprint density at radius 2 is 1.88 bits per heavy atom. The van der Waals surface area contributed by atoms with Crippen molar-refractivity contribution in [3.8, 4) is 16.8 Å². The van der Waals surface area contributed by atoms with Gasteiger partial charge in [-0.15, -0.1) is 0 Å². The fraction of sp³-hybridized carbons (Fsp3) is 0.269. The summed E-state index contributed by atoms with van der Waals surface area (Å²) in [5.41, 5.74) is 5.93. The van der Waals surface area contributed by atoms with E-state index in [1.807, 2.05) is 24.3 Å². The molecule has 4 aromatic rings.